The molecule has 98 valence electrons. The predicted molar refractivity (Wildman–Crippen MR) is 70.0 cm³/mol. The van der Waals surface area contributed by atoms with E-state index in [0.29, 0.717) is 0 Å². The zero-order chi connectivity index (χ0) is 12.3. The number of carbonyl (C=O) groups is 1. The fourth-order valence-electron chi connectivity index (χ4n) is 2.88. The first kappa shape index (κ1) is 12.7. The molecule has 0 aromatic rings. The third-order valence-electron chi connectivity index (χ3n) is 4.25. The molecule has 2 rings (SSSR count). The van der Waals surface area contributed by atoms with E-state index < -0.39 is 0 Å². The van der Waals surface area contributed by atoms with Crippen LogP contribution in [0.4, 0.5) is 4.79 Å². The molecule has 0 aromatic heterocycles. The maximum absolute atomic E-state index is 11.7. The molecule has 1 saturated heterocycles. The van der Waals surface area contributed by atoms with Crippen LogP contribution in [0.1, 0.15) is 45.4 Å². The molecule has 1 aliphatic heterocycles. The van der Waals surface area contributed by atoms with E-state index in [0.717, 1.165) is 31.5 Å². The smallest absolute Gasteiger partial charge is 0.319 e. The summed E-state index contributed by atoms with van der Waals surface area (Å²) >= 11 is 0. The maximum atomic E-state index is 11.7. The van der Waals surface area contributed by atoms with E-state index in [1.807, 2.05) is 16.8 Å². The molecule has 2 atom stereocenters. The summed E-state index contributed by atoms with van der Waals surface area (Å²) in [6, 6.07) is 0.238. The Morgan fingerprint density at radius 2 is 2.00 bits per heavy atom. The average Bonchev–Trinajstić information content (AvgIpc) is 2.99. The van der Waals surface area contributed by atoms with Crippen molar-refractivity contribution >= 4 is 6.03 Å². The Morgan fingerprint density at radius 1 is 1.18 bits per heavy atom. The summed E-state index contributed by atoms with van der Waals surface area (Å²) in [5.41, 5.74) is 0. The SMILES string of the molecule is CCCCCCC1CC1CN1CCN(C)C1=O. The highest BCUT2D eigenvalue weighted by Crippen LogP contribution is 2.43. The van der Waals surface area contributed by atoms with Gasteiger partial charge in [0, 0.05) is 26.7 Å². The Hall–Kier alpha value is -0.730. The molecule has 0 N–H and O–H groups in total. The normalized spacial score (nSPS) is 28.0. The number of nitrogens with zero attached hydrogens (tertiary/aromatic N) is 2. The quantitative estimate of drug-likeness (QED) is 0.625. The van der Waals surface area contributed by atoms with Crippen LogP contribution in [0.2, 0.25) is 0 Å². The molecule has 0 aromatic carbocycles. The van der Waals surface area contributed by atoms with E-state index in [1.165, 1.54) is 38.5 Å². The minimum absolute atomic E-state index is 0.238. The molecule has 0 spiro atoms. The summed E-state index contributed by atoms with van der Waals surface area (Å²) in [7, 11) is 1.90. The molecule has 1 saturated carbocycles. The van der Waals surface area contributed by atoms with Crippen molar-refractivity contribution in [1.29, 1.82) is 0 Å². The molecule has 2 fully saturated rings. The first-order valence-electron chi connectivity index (χ1n) is 7.22. The van der Waals surface area contributed by atoms with Crippen LogP contribution in [-0.2, 0) is 0 Å². The molecule has 2 amide bonds. The van der Waals surface area contributed by atoms with Gasteiger partial charge in [0.1, 0.15) is 0 Å². The number of hydrogen-bond donors (Lipinski definition) is 0. The van der Waals surface area contributed by atoms with Crippen molar-refractivity contribution in [2.75, 3.05) is 26.7 Å². The molecule has 1 heterocycles. The molecule has 2 aliphatic rings. The van der Waals surface area contributed by atoms with Crippen LogP contribution in [0.5, 0.6) is 0 Å². The second-order valence-electron chi connectivity index (χ2n) is 5.76. The third-order valence-corrected chi connectivity index (χ3v) is 4.25. The van der Waals surface area contributed by atoms with Gasteiger partial charge in [0.05, 0.1) is 0 Å². The van der Waals surface area contributed by atoms with Gasteiger partial charge in [0.15, 0.2) is 0 Å². The molecule has 0 radical (unpaired) electrons. The number of rotatable bonds is 7. The summed E-state index contributed by atoms with van der Waals surface area (Å²) in [6.07, 6.45) is 8.24. The summed E-state index contributed by atoms with van der Waals surface area (Å²) in [6.45, 7) is 5.12. The van der Waals surface area contributed by atoms with Crippen molar-refractivity contribution in [2.45, 2.75) is 45.4 Å². The van der Waals surface area contributed by atoms with Gasteiger partial charge < -0.3 is 9.80 Å². The highest BCUT2D eigenvalue weighted by molar-refractivity contribution is 5.76. The van der Waals surface area contributed by atoms with Crippen molar-refractivity contribution in [3.8, 4) is 0 Å². The molecular weight excluding hydrogens is 212 g/mol. The van der Waals surface area contributed by atoms with E-state index in [-0.39, 0.29) is 6.03 Å². The minimum Gasteiger partial charge on any atom is -0.326 e. The highest BCUT2D eigenvalue weighted by Gasteiger charge is 2.39. The predicted octanol–water partition coefficient (Wildman–Crippen LogP) is 2.96. The summed E-state index contributed by atoms with van der Waals surface area (Å²) < 4.78 is 0. The first-order chi connectivity index (χ1) is 8.22. The average molecular weight is 238 g/mol. The summed E-state index contributed by atoms with van der Waals surface area (Å²) in [4.78, 5) is 15.6. The molecule has 17 heavy (non-hydrogen) atoms. The number of amides is 2. The number of hydrogen-bond acceptors (Lipinski definition) is 1. The van der Waals surface area contributed by atoms with Crippen molar-refractivity contribution in [1.82, 2.24) is 9.80 Å². The van der Waals surface area contributed by atoms with Gasteiger partial charge in [-0.1, -0.05) is 39.0 Å². The van der Waals surface area contributed by atoms with Gasteiger partial charge in [-0.25, -0.2) is 4.79 Å². The van der Waals surface area contributed by atoms with Crippen LogP contribution in [0.15, 0.2) is 0 Å². The molecule has 1 aliphatic carbocycles. The summed E-state index contributed by atoms with van der Waals surface area (Å²) in [5.74, 6) is 1.73. The molecule has 2 unspecified atom stereocenters. The Bertz CT molecular complexity index is 267. The van der Waals surface area contributed by atoms with Gasteiger partial charge in [0.2, 0.25) is 0 Å². The van der Waals surface area contributed by atoms with Gasteiger partial charge in [-0.15, -0.1) is 0 Å². The van der Waals surface area contributed by atoms with Gasteiger partial charge in [-0.2, -0.15) is 0 Å². The fraction of sp³-hybridized carbons (Fsp3) is 0.929. The second-order valence-corrected chi connectivity index (χ2v) is 5.76. The van der Waals surface area contributed by atoms with Crippen LogP contribution in [0.25, 0.3) is 0 Å². The van der Waals surface area contributed by atoms with Gasteiger partial charge in [-0.3, -0.25) is 0 Å². The number of carbonyl (C=O) groups excluding carboxylic acids is 1. The van der Waals surface area contributed by atoms with Crippen molar-refractivity contribution in [2.24, 2.45) is 11.8 Å². The van der Waals surface area contributed by atoms with Crippen molar-refractivity contribution in [3.05, 3.63) is 0 Å². The van der Waals surface area contributed by atoms with Crippen LogP contribution in [0, 0.1) is 11.8 Å². The fourth-order valence-corrected chi connectivity index (χ4v) is 2.88. The van der Waals surface area contributed by atoms with Gasteiger partial charge >= 0.3 is 6.03 Å². The van der Waals surface area contributed by atoms with E-state index in [1.54, 1.807) is 0 Å². The van der Waals surface area contributed by atoms with Crippen LogP contribution in [-0.4, -0.2) is 42.5 Å². The second kappa shape index (κ2) is 5.74. The molecular formula is C14H26N2O. The number of urea groups is 1. The zero-order valence-corrected chi connectivity index (χ0v) is 11.3. The Kier molecular flexibility index (Phi) is 4.30. The van der Waals surface area contributed by atoms with E-state index in [4.69, 9.17) is 0 Å². The summed E-state index contributed by atoms with van der Waals surface area (Å²) in [5, 5.41) is 0. The number of likely N-dealkylation sites (N-methyl/N-ethyl adjacent to an activating group) is 1. The lowest BCUT2D eigenvalue weighted by Crippen LogP contribution is -2.31. The van der Waals surface area contributed by atoms with Crippen LogP contribution >= 0.6 is 0 Å². The zero-order valence-electron chi connectivity index (χ0n) is 11.3. The van der Waals surface area contributed by atoms with Crippen molar-refractivity contribution < 1.29 is 4.79 Å². The highest BCUT2D eigenvalue weighted by atomic mass is 16.2. The molecule has 0 bridgehead atoms. The molecule has 3 nitrogen and oxygen atoms in total. The van der Waals surface area contributed by atoms with E-state index in [2.05, 4.69) is 6.92 Å². The van der Waals surface area contributed by atoms with E-state index in [9.17, 15) is 4.79 Å². The Morgan fingerprint density at radius 3 is 2.65 bits per heavy atom. The first-order valence-corrected chi connectivity index (χ1v) is 7.22. The largest absolute Gasteiger partial charge is 0.326 e. The maximum Gasteiger partial charge on any atom is 0.319 e. The van der Waals surface area contributed by atoms with Crippen LogP contribution < -0.4 is 0 Å². The monoisotopic (exact) mass is 238 g/mol. The van der Waals surface area contributed by atoms with Crippen molar-refractivity contribution in [3.63, 3.8) is 0 Å². The van der Waals surface area contributed by atoms with Crippen LogP contribution in [0.3, 0.4) is 0 Å². The molecule has 3 heteroatoms. The van der Waals surface area contributed by atoms with Gasteiger partial charge in [0.25, 0.3) is 0 Å². The topological polar surface area (TPSA) is 23.6 Å². The van der Waals surface area contributed by atoms with Gasteiger partial charge in [-0.05, 0) is 18.3 Å². The van der Waals surface area contributed by atoms with E-state index >= 15 is 0 Å². The lowest BCUT2D eigenvalue weighted by Gasteiger charge is -2.15. The Balaban J connectivity index is 1.58. The lowest BCUT2D eigenvalue weighted by molar-refractivity contribution is 0.196. The lowest BCUT2D eigenvalue weighted by atomic mass is 10.1. The number of unbranched alkanes of at least 4 members (excludes halogenated alkanes) is 3. The third kappa shape index (κ3) is 3.36. The minimum atomic E-state index is 0.238. The standard InChI is InChI=1S/C14H26N2O/c1-3-4-5-6-7-12-10-13(12)11-16-9-8-15(2)14(16)17/h12-13H,3-11H2,1-2H3. The Labute approximate surface area is 105 Å².